The van der Waals surface area contributed by atoms with Crippen LogP contribution in [0, 0.1) is 18.3 Å². The maximum atomic E-state index is 13.0. The van der Waals surface area contributed by atoms with Gasteiger partial charge in [-0.25, -0.2) is 9.78 Å². The van der Waals surface area contributed by atoms with E-state index in [9.17, 15) is 19.6 Å². The quantitative estimate of drug-likeness (QED) is 0.208. The van der Waals surface area contributed by atoms with Gasteiger partial charge in [-0.2, -0.15) is 5.26 Å². The predicted octanol–water partition coefficient (Wildman–Crippen LogP) is 3.35. The number of amides is 2. The highest BCUT2D eigenvalue weighted by Gasteiger charge is 2.46. The molecule has 0 unspecified atom stereocenters. The number of aryl methyl sites for hydroxylation is 1. The van der Waals surface area contributed by atoms with Gasteiger partial charge in [0.05, 0.1) is 29.8 Å². The molecule has 3 N–H and O–H groups in total. The lowest BCUT2D eigenvalue weighted by Crippen LogP contribution is -2.55. The van der Waals surface area contributed by atoms with Crippen molar-refractivity contribution in [3.05, 3.63) is 32.5 Å². The zero-order valence-corrected chi connectivity index (χ0v) is 24.9. The van der Waals surface area contributed by atoms with Crippen LogP contribution in [0.1, 0.15) is 68.1 Å². The zero-order valence-electron chi connectivity index (χ0n) is 21.2. The number of rotatable bonds is 9. The van der Waals surface area contributed by atoms with E-state index in [-0.39, 0.29) is 35.2 Å². The first-order chi connectivity index (χ1) is 18.2. The molecule has 4 rings (SSSR count). The van der Waals surface area contributed by atoms with E-state index in [1.165, 1.54) is 0 Å². The van der Waals surface area contributed by atoms with E-state index in [0.29, 0.717) is 52.6 Å². The first kappa shape index (κ1) is 28.6. The van der Waals surface area contributed by atoms with E-state index in [0.717, 1.165) is 22.6 Å². The summed E-state index contributed by atoms with van der Waals surface area (Å²) in [6.07, 6.45) is 1.27. The van der Waals surface area contributed by atoms with Crippen molar-refractivity contribution in [3.63, 3.8) is 0 Å². The Morgan fingerprint density at radius 1 is 1.37 bits per heavy atom. The third kappa shape index (κ3) is 5.78. The summed E-state index contributed by atoms with van der Waals surface area (Å²) in [7, 11) is 1.56. The average Bonchev–Trinajstić information content (AvgIpc) is 3.41. The number of carbonyl (C=O) groups excluding carboxylic acids is 3. The van der Waals surface area contributed by atoms with Crippen molar-refractivity contribution in [2.75, 3.05) is 31.7 Å². The summed E-state index contributed by atoms with van der Waals surface area (Å²) in [5.74, 6) is -1.53. The first-order valence-electron chi connectivity index (χ1n) is 12.1. The fourth-order valence-electron chi connectivity index (χ4n) is 4.28. The minimum absolute atomic E-state index is 0.0582. The van der Waals surface area contributed by atoms with E-state index in [1.807, 2.05) is 11.8 Å². The normalized spacial score (nSPS) is 19.9. The van der Waals surface area contributed by atoms with Gasteiger partial charge in [-0.15, -0.1) is 0 Å². The number of alkyl halides is 1. The van der Waals surface area contributed by atoms with Gasteiger partial charge in [-0.05, 0) is 33.1 Å². The molecule has 204 valence electrons. The SMILES string of the molecule is CCOC(=O)c1sc(N2CC[C@@H](NC(=O)c3[nH]c(C)c(CI)c3Cl)[C@@H](OC)C2)nc1C(=O)NC1(C#N)CC1. The number of nitrogens with one attached hydrogen (secondary N) is 3. The summed E-state index contributed by atoms with van der Waals surface area (Å²) in [5, 5.41) is 16.0. The van der Waals surface area contributed by atoms with E-state index < -0.39 is 17.4 Å². The molecule has 2 amide bonds. The Morgan fingerprint density at radius 2 is 2.11 bits per heavy atom. The zero-order chi connectivity index (χ0) is 27.6. The van der Waals surface area contributed by atoms with E-state index >= 15 is 0 Å². The molecule has 11 nitrogen and oxygen atoms in total. The van der Waals surface area contributed by atoms with Gasteiger partial charge >= 0.3 is 5.97 Å². The molecule has 3 heterocycles. The number of piperidine rings is 1. The second kappa shape index (κ2) is 11.8. The van der Waals surface area contributed by atoms with Gasteiger partial charge in [-0.3, -0.25) is 9.59 Å². The first-order valence-corrected chi connectivity index (χ1v) is 14.8. The maximum Gasteiger partial charge on any atom is 0.350 e. The second-order valence-electron chi connectivity index (χ2n) is 9.18. The lowest BCUT2D eigenvalue weighted by Gasteiger charge is -2.37. The summed E-state index contributed by atoms with van der Waals surface area (Å²) >= 11 is 9.69. The molecule has 2 aromatic heterocycles. The maximum absolute atomic E-state index is 13.0. The summed E-state index contributed by atoms with van der Waals surface area (Å²) in [6, 6.07) is 1.82. The van der Waals surface area contributed by atoms with Gasteiger partial charge in [-0.1, -0.05) is 45.5 Å². The summed E-state index contributed by atoms with van der Waals surface area (Å²) in [4.78, 5) is 48.1. The predicted molar refractivity (Wildman–Crippen MR) is 150 cm³/mol. The van der Waals surface area contributed by atoms with Gasteiger partial charge in [0.2, 0.25) is 0 Å². The Bertz CT molecular complexity index is 1290. The summed E-state index contributed by atoms with van der Waals surface area (Å²) < 4.78 is 11.5. The molecule has 2 atom stereocenters. The Kier molecular flexibility index (Phi) is 8.85. The Hall–Kier alpha value is -2.41. The molecule has 1 aliphatic heterocycles. The van der Waals surface area contributed by atoms with E-state index in [4.69, 9.17) is 21.1 Å². The Morgan fingerprint density at radius 3 is 2.68 bits per heavy atom. The van der Waals surface area contributed by atoms with Crippen LogP contribution in [0.4, 0.5) is 5.13 Å². The third-order valence-electron chi connectivity index (χ3n) is 6.67. The van der Waals surface area contributed by atoms with Gasteiger partial charge in [0, 0.05) is 35.9 Å². The molecule has 0 spiro atoms. The van der Waals surface area contributed by atoms with E-state index in [1.54, 1.807) is 14.0 Å². The minimum atomic E-state index is -0.900. The number of carbonyl (C=O) groups is 3. The van der Waals surface area contributed by atoms with Gasteiger partial charge in [0.25, 0.3) is 11.8 Å². The van der Waals surface area contributed by atoms with Crippen molar-refractivity contribution in [3.8, 4) is 6.07 Å². The highest BCUT2D eigenvalue weighted by atomic mass is 127. The highest BCUT2D eigenvalue weighted by molar-refractivity contribution is 14.1. The topological polar surface area (TPSA) is 149 Å². The van der Waals surface area contributed by atoms with E-state index in [2.05, 4.69) is 49.3 Å². The van der Waals surface area contributed by atoms with Crippen LogP contribution >= 0.6 is 45.5 Å². The number of aromatic amines is 1. The Labute approximate surface area is 242 Å². The van der Waals surface area contributed by atoms with Crippen LogP contribution in [0.2, 0.25) is 5.02 Å². The monoisotopic (exact) mass is 674 g/mol. The average molecular weight is 675 g/mol. The molecule has 14 heteroatoms. The molecule has 2 aromatic rings. The smallest absolute Gasteiger partial charge is 0.350 e. The molecule has 0 aromatic carbocycles. The lowest BCUT2D eigenvalue weighted by molar-refractivity contribution is 0.0527. The molecule has 0 radical (unpaired) electrons. The number of esters is 1. The largest absolute Gasteiger partial charge is 0.462 e. The Balaban J connectivity index is 1.50. The number of H-pyrrole nitrogens is 1. The van der Waals surface area contributed by atoms with Crippen molar-refractivity contribution < 1.29 is 23.9 Å². The molecule has 0 bridgehead atoms. The van der Waals surface area contributed by atoms with Gasteiger partial charge in [0.1, 0.15) is 16.1 Å². The number of halogens is 2. The fourth-order valence-corrected chi connectivity index (χ4v) is 6.79. The van der Waals surface area contributed by atoms with Crippen molar-refractivity contribution in [1.82, 2.24) is 20.6 Å². The number of nitriles is 1. The van der Waals surface area contributed by atoms with Crippen LogP contribution in [-0.4, -0.2) is 72.2 Å². The molecule has 2 fully saturated rings. The van der Waals surface area contributed by atoms with Crippen molar-refractivity contribution >= 4 is 68.4 Å². The number of nitrogens with zero attached hydrogens (tertiary/aromatic N) is 3. The molecular weight excluding hydrogens is 647 g/mol. The van der Waals surface area contributed by atoms with Crippen LogP contribution < -0.4 is 15.5 Å². The summed E-state index contributed by atoms with van der Waals surface area (Å²) in [5.41, 5.74) is 1.13. The molecule has 1 saturated heterocycles. The van der Waals surface area contributed by atoms with Gasteiger partial charge < -0.3 is 30.0 Å². The number of hydrogen-bond donors (Lipinski definition) is 3. The number of ether oxygens (including phenoxy) is 2. The lowest BCUT2D eigenvalue weighted by atomic mass is 10.0. The van der Waals surface area contributed by atoms with Crippen LogP contribution in [0.3, 0.4) is 0 Å². The van der Waals surface area contributed by atoms with Crippen molar-refractivity contribution in [2.24, 2.45) is 0 Å². The number of hydrogen-bond acceptors (Lipinski definition) is 9. The van der Waals surface area contributed by atoms with Crippen LogP contribution in [0.15, 0.2) is 0 Å². The molecule has 1 saturated carbocycles. The third-order valence-corrected chi connectivity index (χ3v) is 8.94. The van der Waals surface area contributed by atoms with Crippen LogP contribution in [0.5, 0.6) is 0 Å². The highest BCUT2D eigenvalue weighted by Crippen LogP contribution is 2.36. The van der Waals surface area contributed by atoms with Crippen LogP contribution in [-0.2, 0) is 13.9 Å². The van der Waals surface area contributed by atoms with Crippen molar-refractivity contribution in [2.45, 2.75) is 55.2 Å². The molecular formula is C24H28ClIN6O5S. The number of thiazole rings is 1. The molecule has 38 heavy (non-hydrogen) atoms. The summed E-state index contributed by atoms with van der Waals surface area (Å²) in [6.45, 7) is 4.58. The minimum Gasteiger partial charge on any atom is -0.462 e. The van der Waals surface area contributed by atoms with Crippen LogP contribution in [0.25, 0.3) is 0 Å². The standard InChI is InChI=1S/C24H28ClIN6O5S/c1-4-37-22(35)19-18(21(34)31-24(11-27)6-7-24)30-23(38-19)32-8-5-14(15(10-32)36-3)29-20(33)17-16(25)13(9-26)12(2)28-17/h14-15,28H,4-10H2,1-3H3,(H,29,33)(H,31,34)/t14-,15+/m1/s1. The number of methoxy groups -OCH3 is 1. The van der Waals surface area contributed by atoms with Gasteiger partial charge in [0.15, 0.2) is 10.8 Å². The molecule has 2 aliphatic rings. The number of aromatic nitrogens is 2. The molecule has 1 aliphatic carbocycles. The second-order valence-corrected chi connectivity index (χ2v) is 11.3. The van der Waals surface area contributed by atoms with Crippen molar-refractivity contribution in [1.29, 1.82) is 5.26 Å². The number of anilines is 1. The fraction of sp³-hybridized carbons (Fsp3) is 0.542.